The topological polar surface area (TPSA) is 65.0 Å². The van der Waals surface area contributed by atoms with Gasteiger partial charge >= 0.3 is 0 Å². The molecule has 0 fully saturated rings. The van der Waals surface area contributed by atoms with Crippen LogP contribution in [-0.4, -0.2) is 15.1 Å². The van der Waals surface area contributed by atoms with Crippen LogP contribution in [0.2, 0.25) is 5.02 Å². The Morgan fingerprint density at radius 1 is 1.24 bits per heavy atom. The van der Waals surface area contributed by atoms with Crippen molar-refractivity contribution in [2.24, 2.45) is 0 Å². The summed E-state index contributed by atoms with van der Waals surface area (Å²) in [5, 5.41) is 5.18. The fraction of sp³-hybridized carbons (Fsp3) is 0.357. The summed E-state index contributed by atoms with van der Waals surface area (Å²) in [6, 6.07) is 5.35. The third-order valence-electron chi connectivity index (χ3n) is 2.79. The van der Waals surface area contributed by atoms with Gasteiger partial charge in [-0.2, -0.15) is 4.98 Å². The molecule has 0 amide bonds. The molecule has 110 valence electrons. The molecule has 0 unspecified atom stereocenters. The molecule has 0 saturated heterocycles. The van der Waals surface area contributed by atoms with Crippen molar-refractivity contribution < 1.29 is 8.94 Å². The van der Waals surface area contributed by atoms with Gasteiger partial charge in [0.2, 0.25) is 5.89 Å². The molecule has 1 aromatic carbocycles. The van der Waals surface area contributed by atoms with Crippen LogP contribution in [0.1, 0.15) is 32.5 Å². The maximum Gasteiger partial charge on any atom is 0.257 e. The predicted octanol–water partition coefficient (Wildman–Crippen LogP) is 4.45. The Bertz CT molecular complexity index is 776. The largest absolute Gasteiger partial charge is 0.431 e. The zero-order valence-electron chi connectivity index (χ0n) is 11.9. The summed E-state index contributed by atoms with van der Waals surface area (Å²) < 4.78 is 10.9. The normalized spacial score (nSPS) is 12.2. The van der Waals surface area contributed by atoms with Crippen LogP contribution in [0.3, 0.4) is 0 Å². The molecule has 0 atom stereocenters. The second-order valence-electron chi connectivity index (χ2n) is 5.64. The van der Waals surface area contributed by atoms with Crippen LogP contribution in [0, 0.1) is 0 Å². The third kappa shape index (κ3) is 3.22. The molecule has 0 radical (unpaired) electrons. The highest BCUT2D eigenvalue weighted by Gasteiger charge is 2.21. The lowest BCUT2D eigenvalue weighted by molar-refractivity contribution is 0.372. The lowest BCUT2D eigenvalue weighted by Gasteiger charge is -2.10. The number of fused-ring (bicyclic) bond motifs is 1. The monoisotopic (exact) mass is 323 g/mol. The van der Waals surface area contributed by atoms with Crippen molar-refractivity contribution in [2.75, 3.05) is 0 Å². The molecule has 0 aliphatic carbocycles. The van der Waals surface area contributed by atoms with Gasteiger partial charge in [-0.05, 0) is 18.2 Å². The summed E-state index contributed by atoms with van der Waals surface area (Å²) in [7, 11) is 0. The molecular weight excluding hydrogens is 310 g/mol. The van der Waals surface area contributed by atoms with Crippen LogP contribution >= 0.6 is 23.4 Å². The Hall–Kier alpha value is -1.53. The fourth-order valence-electron chi connectivity index (χ4n) is 1.68. The molecular formula is C14H14ClN3O2S. The molecule has 0 aliphatic heterocycles. The van der Waals surface area contributed by atoms with Crippen molar-refractivity contribution in [3.63, 3.8) is 0 Å². The quantitative estimate of drug-likeness (QED) is 0.663. The van der Waals surface area contributed by atoms with Gasteiger partial charge in [0.05, 0.1) is 5.75 Å². The van der Waals surface area contributed by atoms with Gasteiger partial charge in [0.25, 0.3) is 5.22 Å². The highest BCUT2D eigenvalue weighted by molar-refractivity contribution is 7.98. The number of nitrogens with zero attached hydrogens (tertiary/aromatic N) is 3. The minimum Gasteiger partial charge on any atom is -0.431 e. The SMILES string of the molecule is CC(C)(C)c1noc(CSc2nc3cc(Cl)ccc3o2)n1. The lowest BCUT2D eigenvalue weighted by Crippen LogP contribution is -2.13. The summed E-state index contributed by atoms with van der Waals surface area (Å²) in [6.45, 7) is 6.12. The van der Waals surface area contributed by atoms with E-state index in [9.17, 15) is 0 Å². The Morgan fingerprint density at radius 3 is 2.76 bits per heavy atom. The number of oxazole rings is 1. The van der Waals surface area contributed by atoms with E-state index < -0.39 is 0 Å². The maximum atomic E-state index is 5.92. The fourth-order valence-corrected chi connectivity index (χ4v) is 2.52. The van der Waals surface area contributed by atoms with Gasteiger partial charge in [-0.3, -0.25) is 0 Å². The molecule has 7 heteroatoms. The van der Waals surface area contributed by atoms with Gasteiger partial charge in [0, 0.05) is 10.4 Å². The molecule has 0 aliphatic rings. The smallest absolute Gasteiger partial charge is 0.257 e. The van der Waals surface area contributed by atoms with E-state index in [1.807, 2.05) is 20.8 Å². The first-order valence-electron chi connectivity index (χ1n) is 6.44. The van der Waals surface area contributed by atoms with Gasteiger partial charge in [-0.15, -0.1) is 0 Å². The summed E-state index contributed by atoms with van der Waals surface area (Å²) in [5.74, 6) is 1.77. The Morgan fingerprint density at radius 2 is 2.05 bits per heavy atom. The van der Waals surface area contributed by atoms with Crippen LogP contribution in [0.4, 0.5) is 0 Å². The number of rotatable bonds is 3. The Balaban J connectivity index is 1.73. The lowest BCUT2D eigenvalue weighted by atomic mass is 9.96. The van der Waals surface area contributed by atoms with Crippen LogP contribution in [0.5, 0.6) is 0 Å². The molecule has 0 spiro atoms. The van der Waals surface area contributed by atoms with Gasteiger partial charge in [0.1, 0.15) is 5.52 Å². The second-order valence-corrected chi connectivity index (χ2v) is 7.01. The standard InChI is InChI=1S/C14H14ClN3O2S/c1-14(2,3)12-17-11(20-18-12)7-21-13-16-9-6-8(15)4-5-10(9)19-13/h4-6H,7H2,1-3H3. The number of halogens is 1. The predicted molar refractivity (Wildman–Crippen MR) is 81.6 cm³/mol. The van der Waals surface area contributed by atoms with E-state index in [4.69, 9.17) is 20.5 Å². The van der Waals surface area contributed by atoms with Gasteiger partial charge in [0.15, 0.2) is 11.4 Å². The highest BCUT2D eigenvalue weighted by Crippen LogP contribution is 2.28. The van der Waals surface area contributed by atoms with Crippen molar-refractivity contribution in [2.45, 2.75) is 37.2 Å². The molecule has 2 aromatic heterocycles. The zero-order valence-corrected chi connectivity index (χ0v) is 13.5. The Kier molecular flexibility index (Phi) is 3.67. The van der Waals surface area contributed by atoms with E-state index >= 15 is 0 Å². The average molecular weight is 324 g/mol. The average Bonchev–Trinajstić information content (AvgIpc) is 3.01. The van der Waals surface area contributed by atoms with Crippen molar-refractivity contribution in [1.29, 1.82) is 0 Å². The van der Waals surface area contributed by atoms with E-state index in [1.165, 1.54) is 11.8 Å². The molecule has 3 rings (SSSR count). The van der Waals surface area contributed by atoms with E-state index in [1.54, 1.807) is 18.2 Å². The summed E-state index contributed by atoms with van der Waals surface area (Å²) in [6.07, 6.45) is 0. The van der Waals surface area contributed by atoms with E-state index in [0.717, 1.165) is 5.52 Å². The van der Waals surface area contributed by atoms with Crippen molar-refractivity contribution in [3.05, 3.63) is 34.9 Å². The summed E-state index contributed by atoms with van der Waals surface area (Å²) in [4.78, 5) is 8.74. The molecule has 2 heterocycles. The van der Waals surface area contributed by atoms with Crippen molar-refractivity contribution >= 4 is 34.5 Å². The number of benzene rings is 1. The van der Waals surface area contributed by atoms with Crippen LogP contribution < -0.4 is 0 Å². The number of thioether (sulfide) groups is 1. The third-order valence-corrected chi connectivity index (χ3v) is 3.84. The van der Waals surface area contributed by atoms with E-state index in [2.05, 4.69) is 15.1 Å². The Labute approximate surface area is 131 Å². The second kappa shape index (κ2) is 5.35. The molecule has 3 aromatic rings. The van der Waals surface area contributed by atoms with E-state index in [-0.39, 0.29) is 5.41 Å². The minimum atomic E-state index is -0.124. The first-order chi connectivity index (χ1) is 9.91. The summed E-state index contributed by atoms with van der Waals surface area (Å²) in [5.41, 5.74) is 1.33. The molecule has 5 nitrogen and oxygen atoms in total. The maximum absolute atomic E-state index is 5.92. The number of aromatic nitrogens is 3. The van der Waals surface area contributed by atoms with Gasteiger partial charge < -0.3 is 8.94 Å². The zero-order chi connectivity index (χ0) is 15.0. The minimum absolute atomic E-state index is 0.124. The van der Waals surface area contributed by atoms with Gasteiger partial charge in [-0.25, -0.2) is 4.98 Å². The molecule has 0 bridgehead atoms. The first-order valence-corrected chi connectivity index (χ1v) is 7.80. The summed E-state index contributed by atoms with van der Waals surface area (Å²) >= 11 is 7.34. The molecule has 21 heavy (non-hydrogen) atoms. The van der Waals surface area contributed by atoms with Crippen LogP contribution in [0.25, 0.3) is 11.1 Å². The van der Waals surface area contributed by atoms with Crippen LogP contribution in [0.15, 0.2) is 32.4 Å². The van der Waals surface area contributed by atoms with Crippen LogP contribution in [-0.2, 0) is 11.2 Å². The van der Waals surface area contributed by atoms with Gasteiger partial charge in [-0.1, -0.05) is 49.3 Å². The highest BCUT2D eigenvalue weighted by atomic mass is 35.5. The number of hydrogen-bond donors (Lipinski definition) is 0. The van der Waals surface area contributed by atoms with Crippen molar-refractivity contribution in [1.82, 2.24) is 15.1 Å². The van der Waals surface area contributed by atoms with E-state index in [0.29, 0.717) is 33.3 Å². The number of hydrogen-bond acceptors (Lipinski definition) is 6. The van der Waals surface area contributed by atoms with Crippen molar-refractivity contribution in [3.8, 4) is 0 Å². The molecule has 0 saturated carbocycles. The molecule has 0 N–H and O–H groups in total. The first kappa shape index (κ1) is 14.4.